The third kappa shape index (κ3) is 5.39. The third-order valence-electron chi connectivity index (χ3n) is 4.62. The van der Waals surface area contributed by atoms with E-state index in [4.69, 9.17) is 18.9 Å². The Hall–Kier alpha value is -2.25. The van der Waals surface area contributed by atoms with Crippen molar-refractivity contribution >= 4 is 5.97 Å². The molecule has 0 aliphatic carbocycles. The van der Waals surface area contributed by atoms with E-state index in [1.165, 1.54) is 6.92 Å². The lowest BCUT2D eigenvalue weighted by molar-refractivity contribution is -0.300. The fourth-order valence-electron chi connectivity index (χ4n) is 3.26. The van der Waals surface area contributed by atoms with Crippen LogP contribution < -0.4 is 0 Å². The molecule has 1 aliphatic rings. The van der Waals surface area contributed by atoms with Gasteiger partial charge >= 0.3 is 5.97 Å². The number of esters is 1. The van der Waals surface area contributed by atoms with E-state index in [2.05, 4.69) is 0 Å². The lowest BCUT2D eigenvalue weighted by atomic mass is 9.98. The van der Waals surface area contributed by atoms with Gasteiger partial charge in [0.15, 0.2) is 12.4 Å². The summed E-state index contributed by atoms with van der Waals surface area (Å²) in [5.41, 5.74) is 1.98. The molecule has 2 unspecified atom stereocenters. The molecule has 150 valence electrons. The van der Waals surface area contributed by atoms with Gasteiger partial charge in [0.25, 0.3) is 0 Å². The molecular formula is C22H26O6. The van der Waals surface area contributed by atoms with Crippen LogP contribution in [-0.4, -0.2) is 41.8 Å². The number of aliphatic hydroxyl groups is 1. The minimum Gasteiger partial charge on any atom is -0.454 e. The summed E-state index contributed by atoms with van der Waals surface area (Å²) in [6.07, 6.45) is -3.89. The maximum atomic E-state index is 11.6. The summed E-state index contributed by atoms with van der Waals surface area (Å²) in [4.78, 5) is 11.6. The van der Waals surface area contributed by atoms with E-state index in [0.29, 0.717) is 13.2 Å². The Morgan fingerprint density at radius 1 is 0.893 bits per heavy atom. The normalized spacial score (nSPS) is 27.3. The van der Waals surface area contributed by atoms with Crippen molar-refractivity contribution in [3.8, 4) is 0 Å². The summed E-state index contributed by atoms with van der Waals surface area (Å²) in [5.74, 6) is -0.516. The topological polar surface area (TPSA) is 74.2 Å². The first-order valence-corrected chi connectivity index (χ1v) is 9.36. The van der Waals surface area contributed by atoms with E-state index >= 15 is 0 Å². The number of ether oxygens (including phenoxy) is 4. The van der Waals surface area contributed by atoms with Crippen molar-refractivity contribution in [2.75, 3.05) is 0 Å². The lowest BCUT2D eigenvalue weighted by Gasteiger charge is -2.43. The molecule has 3 rings (SSSR count). The predicted octanol–water partition coefficient (Wildman–Crippen LogP) is 2.83. The number of hydrogen-bond donors (Lipinski definition) is 1. The van der Waals surface area contributed by atoms with Crippen LogP contribution in [0.4, 0.5) is 0 Å². The molecule has 5 atom stereocenters. The molecule has 2 aromatic carbocycles. The van der Waals surface area contributed by atoms with Crippen LogP contribution in [0.2, 0.25) is 0 Å². The number of hydrogen-bond acceptors (Lipinski definition) is 6. The number of aliphatic hydroxyl groups excluding tert-OH is 1. The van der Waals surface area contributed by atoms with Gasteiger partial charge < -0.3 is 24.1 Å². The predicted molar refractivity (Wildman–Crippen MR) is 102 cm³/mol. The zero-order valence-electron chi connectivity index (χ0n) is 16.1. The van der Waals surface area contributed by atoms with Crippen molar-refractivity contribution in [3.63, 3.8) is 0 Å². The van der Waals surface area contributed by atoms with Crippen LogP contribution >= 0.6 is 0 Å². The van der Waals surface area contributed by atoms with E-state index < -0.39 is 36.7 Å². The summed E-state index contributed by atoms with van der Waals surface area (Å²) in [6, 6.07) is 19.4. The minimum atomic E-state index is -1.28. The van der Waals surface area contributed by atoms with Gasteiger partial charge in [-0.3, -0.25) is 4.79 Å². The van der Waals surface area contributed by atoms with Gasteiger partial charge in [-0.1, -0.05) is 60.7 Å². The Labute approximate surface area is 165 Å². The fourth-order valence-corrected chi connectivity index (χ4v) is 3.26. The summed E-state index contributed by atoms with van der Waals surface area (Å²) < 4.78 is 23.0. The van der Waals surface area contributed by atoms with Gasteiger partial charge in [-0.05, 0) is 18.1 Å². The van der Waals surface area contributed by atoms with Gasteiger partial charge in [0.1, 0.15) is 12.2 Å². The molecule has 1 fully saturated rings. The van der Waals surface area contributed by atoms with Gasteiger partial charge in [0, 0.05) is 6.92 Å². The zero-order chi connectivity index (χ0) is 19.9. The standard InChI is InChI=1S/C22H26O6/c1-15-19(25-13-17-9-5-3-6-10-17)20(21(22(24)27-15)28-16(2)23)26-14-18-11-7-4-8-12-18/h3-12,15,19-22,24H,13-14H2,1-2H3/t15?,19-,20+,21?,22+/m0/s1. The quantitative estimate of drug-likeness (QED) is 0.738. The highest BCUT2D eigenvalue weighted by molar-refractivity contribution is 5.66. The molecule has 0 bridgehead atoms. The summed E-state index contributed by atoms with van der Waals surface area (Å²) in [6.45, 7) is 3.75. The average molecular weight is 386 g/mol. The number of carbonyl (C=O) groups excluding carboxylic acids is 1. The Balaban J connectivity index is 1.76. The molecule has 0 aromatic heterocycles. The maximum absolute atomic E-state index is 11.6. The van der Waals surface area contributed by atoms with Crippen molar-refractivity contribution in [3.05, 3.63) is 71.8 Å². The van der Waals surface area contributed by atoms with Crippen LogP contribution in [0, 0.1) is 0 Å². The first kappa shape index (κ1) is 20.5. The molecular weight excluding hydrogens is 360 g/mol. The summed E-state index contributed by atoms with van der Waals surface area (Å²) in [5, 5.41) is 10.3. The molecule has 2 aromatic rings. The van der Waals surface area contributed by atoms with E-state index in [-0.39, 0.29) is 0 Å². The Morgan fingerprint density at radius 3 is 1.89 bits per heavy atom. The summed E-state index contributed by atoms with van der Waals surface area (Å²) in [7, 11) is 0. The molecule has 0 amide bonds. The van der Waals surface area contributed by atoms with E-state index in [1.54, 1.807) is 0 Å². The fraction of sp³-hybridized carbons (Fsp3) is 0.409. The Kier molecular flexibility index (Phi) is 7.17. The van der Waals surface area contributed by atoms with Crippen LogP contribution in [0.25, 0.3) is 0 Å². The third-order valence-corrected chi connectivity index (χ3v) is 4.62. The van der Waals surface area contributed by atoms with Crippen LogP contribution in [-0.2, 0) is 37.0 Å². The minimum absolute atomic E-state index is 0.300. The molecule has 0 radical (unpaired) electrons. The lowest BCUT2D eigenvalue weighted by Crippen LogP contribution is -2.59. The Bertz CT molecular complexity index is 735. The second kappa shape index (κ2) is 9.80. The van der Waals surface area contributed by atoms with Crippen LogP contribution in [0.3, 0.4) is 0 Å². The average Bonchev–Trinajstić information content (AvgIpc) is 2.69. The van der Waals surface area contributed by atoms with Crippen LogP contribution in [0.5, 0.6) is 0 Å². The monoisotopic (exact) mass is 386 g/mol. The van der Waals surface area contributed by atoms with Gasteiger partial charge in [-0.15, -0.1) is 0 Å². The number of rotatable bonds is 7. The van der Waals surface area contributed by atoms with Crippen molar-refractivity contribution in [2.45, 2.75) is 57.8 Å². The highest BCUT2D eigenvalue weighted by Crippen LogP contribution is 2.28. The highest BCUT2D eigenvalue weighted by atomic mass is 16.7. The molecule has 6 nitrogen and oxygen atoms in total. The molecule has 1 aliphatic heterocycles. The molecule has 0 spiro atoms. The molecule has 0 saturated carbocycles. The number of carbonyl (C=O) groups is 1. The van der Waals surface area contributed by atoms with Gasteiger partial charge in [-0.2, -0.15) is 0 Å². The zero-order valence-corrected chi connectivity index (χ0v) is 16.1. The highest BCUT2D eigenvalue weighted by Gasteiger charge is 2.47. The van der Waals surface area contributed by atoms with E-state index in [9.17, 15) is 9.90 Å². The van der Waals surface area contributed by atoms with Crippen molar-refractivity contribution < 1.29 is 28.8 Å². The van der Waals surface area contributed by atoms with Crippen LogP contribution in [0.15, 0.2) is 60.7 Å². The first-order valence-electron chi connectivity index (χ1n) is 9.36. The Morgan fingerprint density at radius 2 is 1.39 bits per heavy atom. The van der Waals surface area contributed by atoms with Crippen LogP contribution in [0.1, 0.15) is 25.0 Å². The molecule has 1 saturated heterocycles. The molecule has 1 N–H and O–H groups in total. The molecule has 1 heterocycles. The van der Waals surface area contributed by atoms with Crippen molar-refractivity contribution in [1.82, 2.24) is 0 Å². The van der Waals surface area contributed by atoms with Gasteiger partial charge in [-0.25, -0.2) is 0 Å². The van der Waals surface area contributed by atoms with Gasteiger partial charge in [0.2, 0.25) is 0 Å². The van der Waals surface area contributed by atoms with Crippen molar-refractivity contribution in [1.29, 1.82) is 0 Å². The second-order valence-corrected chi connectivity index (χ2v) is 6.83. The second-order valence-electron chi connectivity index (χ2n) is 6.83. The summed E-state index contributed by atoms with van der Waals surface area (Å²) >= 11 is 0. The van der Waals surface area contributed by atoms with E-state index in [0.717, 1.165) is 11.1 Å². The smallest absolute Gasteiger partial charge is 0.303 e. The maximum Gasteiger partial charge on any atom is 0.303 e. The molecule has 6 heteroatoms. The van der Waals surface area contributed by atoms with Crippen molar-refractivity contribution in [2.24, 2.45) is 0 Å². The first-order chi connectivity index (χ1) is 13.5. The SMILES string of the molecule is CC(=O)OC1[C@H](O)OC(C)[C@H](OCc2ccccc2)[C@H]1OCc1ccccc1. The number of benzene rings is 2. The largest absolute Gasteiger partial charge is 0.454 e. The molecule has 28 heavy (non-hydrogen) atoms. The van der Waals surface area contributed by atoms with E-state index in [1.807, 2.05) is 67.6 Å². The van der Waals surface area contributed by atoms with Gasteiger partial charge in [0.05, 0.1) is 19.3 Å².